The lowest BCUT2D eigenvalue weighted by atomic mass is 9.64. The van der Waals surface area contributed by atoms with Gasteiger partial charge in [0.1, 0.15) is 11.5 Å². The zero-order valence-electron chi connectivity index (χ0n) is 23.0. The number of nitrogens with zero attached hydrogens (tertiary/aromatic N) is 1. The summed E-state index contributed by atoms with van der Waals surface area (Å²) in [6, 6.07) is 25.6. The second-order valence-electron chi connectivity index (χ2n) is 11.2. The molecule has 0 bridgehead atoms. The van der Waals surface area contributed by atoms with Gasteiger partial charge < -0.3 is 10.2 Å². The van der Waals surface area contributed by atoms with Gasteiger partial charge in [0.05, 0.1) is 16.8 Å². The number of ketones is 2. The molecule has 0 unspecified atom stereocenters. The predicted molar refractivity (Wildman–Crippen MR) is 164 cm³/mol. The second-order valence-corrected chi connectivity index (χ2v) is 12.1. The lowest BCUT2D eigenvalue weighted by molar-refractivity contribution is -0.121. The summed E-state index contributed by atoms with van der Waals surface area (Å²) >= 11 is 1.37. The van der Waals surface area contributed by atoms with E-state index in [1.807, 2.05) is 97.2 Å². The molecule has 1 aromatic heterocycles. The SMILES string of the molecule is CCCc1ccc(C(=O)[C@@H]2[C@H](C(=O)c3cccs3)N3c4ccccc4C(C)=C[C@@H]3[C@]23C(=O)Nc2ccccc23)cc1. The summed E-state index contributed by atoms with van der Waals surface area (Å²) in [5, 5.41) is 4.98. The van der Waals surface area contributed by atoms with E-state index in [1.165, 1.54) is 11.3 Å². The number of aryl methyl sites for hydroxylation is 1. The molecule has 3 aromatic carbocycles. The third kappa shape index (κ3) is 3.63. The van der Waals surface area contributed by atoms with Gasteiger partial charge >= 0.3 is 0 Å². The van der Waals surface area contributed by atoms with Crippen molar-refractivity contribution in [1.82, 2.24) is 0 Å². The number of nitrogens with one attached hydrogen (secondary N) is 1. The Labute approximate surface area is 243 Å². The van der Waals surface area contributed by atoms with Crippen molar-refractivity contribution in [2.75, 3.05) is 10.2 Å². The first-order valence-electron chi connectivity index (χ1n) is 14.1. The van der Waals surface area contributed by atoms with E-state index in [9.17, 15) is 14.4 Å². The number of Topliss-reactive ketones (excluding diaryl/α,β-unsaturated/α-hetero) is 2. The van der Waals surface area contributed by atoms with Gasteiger partial charge in [-0.15, -0.1) is 11.3 Å². The number of thiophene rings is 1. The Hall–Kier alpha value is -4.29. The molecule has 0 radical (unpaired) electrons. The number of carbonyl (C=O) groups is 3. The molecule has 6 heteroatoms. The molecule has 1 spiro atoms. The fourth-order valence-corrected chi connectivity index (χ4v) is 7.95. The molecule has 4 heterocycles. The van der Waals surface area contributed by atoms with Gasteiger partial charge in [0, 0.05) is 22.5 Å². The number of anilines is 2. The molecule has 204 valence electrons. The minimum Gasteiger partial charge on any atom is -0.352 e. The first-order chi connectivity index (χ1) is 20.0. The number of fused-ring (bicyclic) bond motifs is 6. The largest absolute Gasteiger partial charge is 0.352 e. The smallest absolute Gasteiger partial charge is 0.238 e. The Bertz CT molecular complexity index is 1720. The van der Waals surface area contributed by atoms with Gasteiger partial charge in [0.25, 0.3) is 0 Å². The van der Waals surface area contributed by atoms with Crippen LogP contribution in [0.3, 0.4) is 0 Å². The summed E-state index contributed by atoms with van der Waals surface area (Å²) in [5.41, 5.74) is 4.76. The highest BCUT2D eigenvalue weighted by Crippen LogP contribution is 2.58. The number of carbonyl (C=O) groups excluding carboxylic acids is 3. The molecule has 3 aliphatic rings. The highest BCUT2D eigenvalue weighted by molar-refractivity contribution is 7.12. The Morgan fingerprint density at radius 1 is 0.927 bits per heavy atom. The fraction of sp³-hybridized carbons (Fsp3) is 0.229. The second kappa shape index (κ2) is 9.67. The summed E-state index contributed by atoms with van der Waals surface area (Å²) in [7, 11) is 0. The molecule has 0 saturated carbocycles. The van der Waals surface area contributed by atoms with Crippen LogP contribution in [0.15, 0.2) is 96.4 Å². The van der Waals surface area contributed by atoms with Gasteiger partial charge in [-0.3, -0.25) is 14.4 Å². The molecule has 3 aliphatic heterocycles. The summed E-state index contributed by atoms with van der Waals surface area (Å²) < 4.78 is 0. The van der Waals surface area contributed by atoms with Crippen molar-refractivity contribution in [1.29, 1.82) is 0 Å². The number of benzene rings is 3. The Morgan fingerprint density at radius 2 is 1.68 bits per heavy atom. The van der Waals surface area contributed by atoms with Gasteiger partial charge in [-0.25, -0.2) is 0 Å². The minimum absolute atomic E-state index is 0.136. The van der Waals surface area contributed by atoms with Crippen molar-refractivity contribution >= 4 is 45.8 Å². The summed E-state index contributed by atoms with van der Waals surface area (Å²) in [6.07, 6.45) is 4.03. The molecule has 4 aromatic rings. The zero-order chi connectivity index (χ0) is 28.3. The Morgan fingerprint density at radius 3 is 2.44 bits per heavy atom. The van der Waals surface area contributed by atoms with Crippen LogP contribution < -0.4 is 10.2 Å². The molecule has 1 fully saturated rings. The van der Waals surface area contributed by atoms with Gasteiger partial charge in [-0.1, -0.05) is 86.2 Å². The van der Waals surface area contributed by atoms with E-state index >= 15 is 0 Å². The van der Waals surface area contributed by atoms with E-state index in [1.54, 1.807) is 0 Å². The number of hydrogen-bond donors (Lipinski definition) is 1. The lowest BCUT2D eigenvalue weighted by Crippen LogP contribution is -2.51. The molecule has 0 aliphatic carbocycles. The van der Waals surface area contributed by atoms with Crippen LogP contribution in [0.1, 0.15) is 57.0 Å². The molecule has 41 heavy (non-hydrogen) atoms. The molecular weight excluding hydrogens is 528 g/mol. The van der Waals surface area contributed by atoms with Crippen molar-refractivity contribution in [3.8, 4) is 0 Å². The third-order valence-corrected chi connectivity index (χ3v) is 9.86. The van der Waals surface area contributed by atoms with Crippen LogP contribution in [-0.2, 0) is 16.6 Å². The average molecular weight is 559 g/mol. The van der Waals surface area contributed by atoms with Crippen LogP contribution in [0.25, 0.3) is 5.57 Å². The molecule has 4 atom stereocenters. The van der Waals surface area contributed by atoms with Crippen LogP contribution in [0, 0.1) is 5.92 Å². The van der Waals surface area contributed by atoms with Crippen LogP contribution in [-0.4, -0.2) is 29.6 Å². The molecule has 5 nitrogen and oxygen atoms in total. The predicted octanol–water partition coefficient (Wildman–Crippen LogP) is 6.95. The van der Waals surface area contributed by atoms with Crippen LogP contribution in [0.4, 0.5) is 11.4 Å². The number of hydrogen-bond acceptors (Lipinski definition) is 5. The van der Waals surface area contributed by atoms with Gasteiger partial charge in [-0.2, -0.15) is 0 Å². The van der Waals surface area contributed by atoms with E-state index in [-0.39, 0.29) is 17.5 Å². The van der Waals surface area contributed by atoms with Crippen molar-refractivity contribution in [3.63, 3.8) is 0 Å². The average Bonchev–Trinajstić information content (AvgIpc) is 3.70. The summed E-state index contributed by atoms with van der Waals surface area (Å²) in [4.78, 5) is 46.5. The lowest BCUT2D eigenvalue weighted by Gasteiger charge is -2.39. The van der Waals surface area contributed by atoms with Crippen molar-refractivity contribution in [3.05, 3.63) is 124 Å². The Kier molecular flexibility index (Phi) is 6.05. The van der Waals surface area contributed by atoms with Gasteiger partial charge in [0.15, 0.2) is 11.6 Å². The molecule has 1 amide bonds. The zero-order valence-corrected chi connectivity index (χ0v) is 23.8. The van der Waals surface area contributed by atoms with E-state index in [0.29, 0.717) is 16.1 Å². The highest BCUT2D eigenvalue weighted by Gasteiger charge is 2.70. The molecule has 7 rings (SSSR count). The maximum Gasteiger partial charge on any atom is 0.238 e. The van der Waals surface area contributed by atoms with Gasteiger partial charge in [0.2, 0.25) is 5.91 Å². The van der Waals surface area contributed by atoms with Crippen LogP contribution >= 0.6 is 11.3 Å². The topological polar surface area (TPSA) is 66.5 Å². The van der Waals surface area contributed by atoms with Gasteiger partial charge in [-0.05, 0) is 53.6 Å². The minimum atomic E-state index is -1.29. The molecular formula is C35H30N2O3S. The fourth-order valence-electron chi connectivity index (χ4n) is 7.26. The number of rotatable bonds is 6. The molecule has 1 N–H and O–H groups in total. The first-order valence-corrected chi connectivity index (χ1v) is 15.0. The van der Waals surface area contributed by atoms with Crippen molar-refractivity contribution in [2.45, 2.75) is 44.2 Å². The van der Waals surface area contributed by atoms with Crippen LogP contribution in [0.2, 0.25) is 0 Å². The van der Waals surface area contributed by atoms with Crippen molar-refractivity contribution < 1.29 is 14.4 Å². The van der Waals surface area contributed by atoms with Crippen LogP contribution in [0.5, 0.6) is 0 Å². The quantitative estimate of drug-likeness (QED) is 0.260. The highest BCUT2D eigenvalue weighted by atomic mass is 32.1. The first kappa shape index (κ1) is 25.7. The number of allylic oxidation sites excluding steroid dienone is 1. The number of para-hydroxylation sites is 2. The summed E-state index contributed by atoms with van der Waals surface area (Å²) in [6.45, 7) is 4.17. The standard InChI is InChI=1S/C35H30N2O3S/c1-3-9-22-15-17-23(18-16-22)32(38)30-31(33(39)28-14-8-19-41-28)37-27-13-7-4-10-24(27)21(2)20-29(37)35(30)25-11-5-6-12-26(25)36-34(35)40/h4-8,10-20,29-31H,3,9H2,1-2H3,(H,36,40)/t29-,30+,31-,35+/m1/s1. The van der Waals surface area contributed by atoms with E-state index in [0.717, 1.165) is 40.8 Å². The maximum atomic E-state index is 14.9. The Balaban J connectivity index is 1.52. The maximum absolute atomic E-state index is 14.9. The number of amides is 1. The van der Waals surface area contributed by atoms with E-state index < -0.39 is 23.4 Å². The van der Waals surface area contributed by atoms with Crippen molar-refractivity contribution in [2.24, 2.45) is 5.92 Å². The van der Waals surface area contributed by atoms with E-state index in [4.69, 9.17) is 0 Å². The molecule has 1 saturated heterocycles. The normalized spacial score (nSPS) is 24.0. The van der Waals surface area contributed by atoms with E-state index in [2.05, 4.69) is 23.2 Å². The summed E-state index contributed by atoms with van der Waals surface area (Å²) in [5.74, 6) is -1.51. The monoisotopic (exact) mass is 558 g/mol. The third-order valence-electron chi connectivity index (χ3n) is 8.98.